The molecule has 0 aliphatic rings. The lowest BCUT2D eigenvalue weighted by atomic mass is 10.0. The summed E-state index contributed by atoms with van der Waals surface area (Å²) in [6.07, 6.45) is 3.68. The number of amides is 1. The summed E-state index contributed by atoms with van der Waals surface area (Å²) in [5.41, 5.74) is 5.24. The molecule has 0 saturated carbocycles. The van der Waals surface area contributed by atoms with Crippen molar-refractivity contribution in [1.82, 2.24) is 15.3 Å². The summed E-state index contributed by atoms with van der Waals surface area (Å²) in [5, 5.41) is 2.73. The predicted octanol–water partition coefficient (Wildman–Crippen LogP) is 0.153. The maximum absolute atomic E-state index is 11.3. The second-order valence-corrected chi connectivity index (χ2v) is 3.98. The quantitative estimate of drug-likeness (QED) is 0.641. The van der Waals surface area contributed by atoms with Crippen LogP contribution in [0.3, 0.4) is 0 Å². The molecular weight excluding hydrogens is 180 g/mol. The molecule has 0 radical (unpaired) electrons. The second-order valence-electron chi connectivity index (χ2n) is 3.98. The summed E-state index contributed by atoms with van der Waals surface area (Å²) < 4.78 is 0. The van der Waals surface area contributed by atoms with Crippen LogP contribution in [0.15, 0.2) is 12.4 Å². The number of nitrogens with zero attached hydrogens (tertiary/aromatic N) is 1. The number of rotatable bonds is 4. The van der Waals surface area contributed by atoms with E-state index in [4.69, 9.17) is 5.73 Å². The Labute approximate surface area is 83.1 Å². The summed E-state index contributed by atoms with van der Waals surface area (Å²) in [6.45, 7) is 4.06. The molecule has 0 aliphatic carbocycles. The zero-order chi connectivity index (χ0) is 10.6. The molecule has 0 aliphatic heterocycles. The van der Waals surface area contributed by atoms with E-state index >= 15 is 0 Å². The van der Waals surface area contributed by atoms with E-state index in [1.165, 1.54) is 0 Å². The van der Waals surface area contributed by atoms with E-state index in [1.54, 1.807) is 12.4 Å². The molecule has 14 heavy (non-hydrogen) atoms. The van der Waals surface area contributed by atoms with Crippen LogP contribution in [-0.2, 0) is 11.3 Å². The van der Waals surface area contributed by atoms with E-state index in [0.29, 0.717) is 13.0 Å². The van der Waals surface area contributed by atoms with Crippen molar-refractivity contribution in [2.75, 3.05) is 0 Å². The molecule has 4 N–H and O–H groups in total. The van der Waals surface area contributed by atoms with E-state index in [-0.39, 0.29) is 5.91 Å². The molecule has 0 atom stereocenters. The fourth-order valence-corrected chi connectivity index (χ4v) is 1.05. The Kier molecular flexibility index (Phi) is 3.24. The van der Waals surface area contributed by atoms with Gasteiger partial charge in [-0.15, -0.1) is 0 Å². The van der Waals surface area contributed by atoms with E-state index in [0.717, 1.165) is 5.82 Å². The van der Waals surface area contributed by atoms with Crippen molar-refractivity contribution >= 4 is 5.91 Å². The zero-order valence-corrected chi connectivity index (χ0v) is 8.50. The van der Waals surface area contributed by atoms with Crippen LogP contribution in [0.4, 0.5) is 0 Å². The SMILES string of the molecule is CC(C)(N)CC(=O)NCc1ncc[nH]1. The van der Waals surface area contributed by atoms with Gasteiger partial charge in [0.1, 0.15) is 5.82 Å². The van der Waals surface area contributed by atoms with Crippen LogP contribution in [0, 0.1) is 0 Å². The highest BCUT2D eigenvalue weighted by Crippen LogP contribution is 2.02. The average molecular weight is 196 g/mol. The van der Waals surface area contributed by atoms with E-state index < -0.39 is 5.54 Å². The van der Waals surface area contributed by atoms with Crippen molar-refractivity contribution in [3.63, 3.8) is 0 Å². The fraction of sp³-hybridized carbons (Fsp3) is 0.556. The van der Waals surface area contributed by atoms with Gasteiger partial charge in [0, 0.05) is 24.4 Å². The van der Waals surface area contributed by atoms with Crippen LogP contribution in [-0.4, -0.2) is 21.4 Å². The number of carbonyl (C=O) groups excluding carboxylic acids is 1. The molecule has 0 fully saturated rings. The van der Waals surface area contributed by atoms with E-state index in [2.05, 4.69) is 15.3 Å². The number of carbonyl (C=O) groups is 1. The number of aromatic amines is 1. The monoisotopic (exact) mass is 196 g/mol. The smallest absolute Gasteiger partial charge is 0.222 e. The van der Waals surface area contributed by atoms with E-state index in [1.807, 2.05) is 13.8 Å². The van der Waals surface area contributed by atoms with Gasteiger partial charge in [-0.2, -0.15) is 0 Å². The van der Waals surface area contributed by atoms with Gasteiger partial charge in [-0.05, 0) is 13.8 Å². The molecule has 0 aromatic carbocycles. The molecule has 1 rings (SSSR count). The lowest BCUT2D eigenvalue weighted by Gasteiger charge is -2.17. The Bertz CT molecular complexity index is 286. The van der Waals surface area contributed by atoms with Crippen molar-refractivity contribution in [2.24, 2.45) is 5.73 Å². The molecule has 1 aromatic rings. The highest BCUT2D eigenvalue weighted by Gasteiger charge is 2.15. The molecular formula is C9H16N4O. The molecule has 0 spiro atoms. The maximum atomic E-state index is 11.3. The first-order valence-corrected chi connectivity index (χ1v) is 4.51. The lowest BCUT2D eigenvalue weighted by Crippen LogP contribution is -2.38. The second kappa shape index (κ2) is 4.23. The number of nitrogens with two attached hydrogens (primary N) is 1. The Hall–Kier alpha value is -1.36. The maximum Gasteiger partial charge on any atom is 0.222 e. The highest BCUT2D eigenvalue weighted by molar-refractivity contribution is 5.76. The highest BCUT2D eigenvalue weighted by atomic mass is 16.1. The molecule has 0 unspecified atom stereocenters. The molecule has 5 nitrogen and oxygen atoms in total. The Morgan fingerprint density at radius 2 is 2.43 bits per heavy atom. The predicted molar refractivity (Wildman–Crippen MR) is 53.3 cm³/mol. The number of nitrogens with one attached hydrogen (secondary N) is 2. The van der Waals surface area contributed by atoms with Crippen molar-refractivity contribution in [3.05, 3.63) is 18.2 Å². The molecule has 78 valence electrons. The normalized spacial score (nSPS) is 11.4. The summed E-state index contributed by atoms with van der Waals surface area (Å²) in [6, 6.07) is 0. The van der Waals surface area contributed by atoms with Crippen LogP contribution >= 0.6 is 0 Å². The standard InChI is InChI=1S/C9H16N4O/c1-9(2,10)5-8(14)13-6-7-11-3-4-12-7/h3-4H,5-6,10H2,1-2H3,(H,11,12)(H,13,14). The van der Waals surface area contributed by atoms with Gasteiger partial charge in [0.05, 0.1) is 6.54 Å². The summed E-state index contributed by atoms with van der Waals surface area (Å²) in [5.74, 6) is 0.682. The van der Waals surface area contributed by atoms with E-state index in [9.17, 15) is 4.79 Å². The van der Waals surface area contributed by atoms with Gasteiger partial charge in [0.15, 0.2) is 0 Å². The molecule has 1 heterocycles. The molecule has 0 bridgehead atoms. The topological polar surface area (TPSA) is 83.8 Å². The number of hydrogen-bond donors (Lipinski definition) is 3. The van der Waals surface area contributed by atoms with Crippen LogP contribution in [0.5, 0.6) is 0 Å². The Balaban J connectivity index is 2.29. The van der Waals surface area contributed by atoms with Gasteiger partial charge in [0.2, 0.25) is 5.91 Å². The minimum absolute atomic E-state index is 0.0612. The summed E-state index contributed by atoms with van der Waals surface area (Å²) in [4.78, 5) is 18.2. The van der Waals surface area contributed by atoms with Crippen LogP contribution in [0.25, 0.3) is 0 Å². The number of aromatic nitrogens is 2. The summed E-state index contributed by atoms with van der Waals surface area (Å²) >= 11 is 0. The van der Waals surface area contributed by atoms with Crippen LogP contribution in [0.1, 0.15) is 26.1 Å². The Morgan fingerprint density at radius 3 is 2.93 bits per heavy atom. The largest absolute Gasteiger partial charge is 0.349 e. The third-order valence-electron chi connectivity index (χ3n) is 1.62. The number of H-pyrrole nitrogens is 1. The van der Waals surface area contributed by atoms with Crippen LogP contribution < -0.4 is 11.1 Å². The van der Waals surface area contributed by atoms with Gasteiger partial charge in [-0.1, -0.05) is 0 Å². The van der Waals surface area contributed by atoms with Crippen molar-refractivity contribution in [1.29, 1.82) is 0 Å². The van der Waals surface area contributed by atoms with Crippen molar-refractivity contribution in [3.8, 4) is 0 Å². The first-order valence-electron chi connectivity index (χ1n) is 4.51. The Morgan fingerprint density at radius 1 is 1.71 bits per heavy atom. The molecule has 0 saturated heterocycles. The first kappa shape index (κ1) is 10.7. The minimum Gasteiger partial charge on any atom is -0.349 e. The third-order valence-corrected chi connectivity index (χ3v) is 1.62. The molecule has 1 aromatic heterocycles. The number of hydrogen-bond acceptors (Lipinski definition) is 3. The summed E-state index contributed by atoms with van der Waals surface area (Å²) in [7, 11) is 0. The fourth-order valence-electron chi connectivity index (χ4n) is 1.05. The molecule has 5 heteroatoms. The van der Waals surface area contributed by atoms with Gasteiger partial charge in [-0.25, -0.2) is 4.98 Å². The lowest BCUT2D eigenvalue weighted by molar-refractivity contribution is -0.122. The first-order chi connectivity index (χ1) is 6.47. The van der Waals surface area contributed by atoms with Gasteiger partial charge in [0.25, 0.3) is 0 Å². The van der Waals surface area contributed by atoms with Gasteiger partial charge >= 0.3 is 0 Å². The van der Waals surface area contributed by atoms with Crippen molar-refractivity contribution in [2.45, 2.75) is 32.4 Å². The van der Waals surface area contributed by atoms with Crippen LogP contribution in [0.2, 0.25) is 0 Å². The minimum atomic E-state index is -0.465. The third kappa shape index (κ3) is 4.04. The van der Waals surface area contributed by atoms with Gasteiger partial charge in [-0.3, -0.25) is 4.79 Å². The average Bonchev–Trinajstić information content (AvgIpc) is 2.49. The van der Waals surface area contributed by atoms with Crippen molar-refractivity contribution < 1.29 is 4.79 Å². The molecule has 1 amide bonds. The number of imidazole rings is 1. The zero-order valence-electron chi connectivity index (χ0n) is 8.50. The van der Waals surface area contributed by atoms with Gasteiger partial charge < -0.3 is 16.0 Å².